The molecular weight excluding hydrogens is 272 g/mol. The maximum atomic E-state index is 11.8. The molecule has 8 heteroatoms. The molecule has 2 amide bonds. The minimum absolute atomic E-state index is 0.116. The molecule has 1 atom stereocenters. The SMILES string of the molecule is Cc1ccc(C(=O)NCC(=O)NC(C)c2nn[nH]n2)cc1. The summed E-state index contributed by atoms with van der Waals surface area (Å²) in [4.78, 5) is 23.6. The van der Waals surface area contributed by atoms with Gasteiger partial charge in [0.1, 0.15) is 0 Å². The van der Waals surface area contributed by atoms with E-state index < -0.39 is 0 Å². The van der Waals surface area contributed by atoms with Crippen LogP contribution in [0.1, 0.15) is 34.7 Å². The third-order valence-electron chi connectivity index (χ3n) is 2.85. The zero-order valence-electron chi connectivity index (χ0n) is 11.8. The lowest BCUT2D eigenvalue weighted by Crippen LogP contribution is -2.38. The Balaban J connectivity index is 1.81. The number of amides is 2. The molecule has 8 nitrogen and oxygen atoms in total. The third-order valence-corrected chi connectivity index (χ3v) is 2.85. The first kappa shape index (κ1) is 14.6. The fourth-order valence-electron chi connectivity index (χ4n) is 1.68. The summed E-state index contributed by atoms with van der Waals surface area (Å²) in [7, 11) is 0. The highest BCUT2D eigenvalue weighted by atomic mass is 16.2. The summed E-state index contributed by atoms with van der Waals surface area (Å²) in [5.74, 6) is -0.238. The third kappa shape index (κ3) is 4.10. The summed E-state index contributed by atoms with van der Waals surface area (Å²) in [5.41, 5.74) is 1.58. The Labute approximate surface area is 121 Å². The van der Waals surface area contributed by atoms with E-state index >= 15 is 0 Å². The van der Waals surface area contributed by atoms with Crippen LogP contribution in [0.4, 0.5) is 0 Å². The van der Waals surface area contributed by atoms with E-state index in [2.05, 4.69) is 31.3 Å². The van der Waals surface area contributed by atoms with E-state index in [4.69, 9.17) is 0 Å². The largest absolute Gasteiger partial charge is 0.345 e. The van der Waals surface area contributed by atoms with Crippen LogP contribution in [-0.2, 0) is 4.79 Å². The maximum Gasteiger partial charge on any atom is 0.251 e. The predicted molar refractivity (Wildman–Crippen MR) is 74.2 cm³/mol. The van der Waals surface area contributed by atoms with Gasteiger partial charge in [-0.15, -0.1) is 10.2 Å². The number of hydrogen-bond donors (Lipinski definition) is 3. The number of carbonyl (C=O) groups excluding carboxylic acids is 2. The number of tetrazole rings is 1. The molecule has 0 fully saturated rings. The Bertz CT molecular complexity index is 608. The number of hydrogen-bond acceptors (Lipinski definition) is 5. The Hall–Kier alpha value is -2.77. The minimum atomic E-state index is -0.382. The van der Waals surface area contributed by atoms with E-state index in [1.165, 1.54) is 0 Å². The second-order valence-electron chi connectivity index (χ2n) is 4.61. The van der Waals surface area contributed by atoms with Gasteiger partial charge >= 0.3 is 0 Å². The second kappa shape index (κ2) is 6.60. The summed E-state index contributed by atoms with van der Waals surface area (Å²) in [6.07, 6.45) is 0. The van der Waals surface area contributed by atoms with Crippen molar-refractivity contribution >= 4 is 11.8 Å². The Morgan fingerprint density at radius 1 is 1.29 bits per heavy atom. The number of nitrogens with one attached hydrogen (secondary N) is 3. The zero-order valence-corrected chi connectivity index (χ0v) is 11.8. The number of rotatable bonds is 5. The molecule has 3 N–H and O–H groups in total. The smallest absolute Gasteiger partial charge is 0.251 e. The molecule has 2 rings (SSSR count). The number of carbonyl (C=O) groups is 2. The Morgan fingerprint density at radius 3 is 2.62 bits per heavy atom. The molecule has 1 unspecified atom stereocenters. The lowest BCUT2D eigenvalue weighted by atomic mass is 10.1. The summed E-state index contributed by atoms with van der Waals surface area (Å²) in [6.45, 7) is 3.55. The molecule has 21 heavy (non-hydrogen) atoms. The van der Waals surface area contributed by atoms with Crippen LogP contribution in [0.25, 0.3) is 0 Å². The van der Waals surface area contributed by atoms with E-state index in [1.807, 2.05) is 19.1 Å². The molecule has 1 aromatic heterocycles. The number of nitrogens with zero attached hydrogens (tertiary/aromatic N) is 3. The first-order chi connectivity index (χ1) is 10.1. The Morgan fingerprint density at radius 2 is 2.00 bits per heavy atom. The quantitative estimate of drug-likeness (QED) is 0.723. The van der Waals surface area contributed by atoms with Gasteiger partial charge in [0.2, 0.25) is 5.91 Å². The van der Waals surface area contributed by atoms with Crippen LogP contribution >= 0.6 is 0 Å². The van der Waals surface area contributed by atoms with Gasteiger partial charge in [0.25, 0.3) is 5.91 Å². The van der Waals surface area contributed by atoms with Crippen LogP contribution in [0.2, 0.25) is 0 Å². The molecule has 0 saturated heterocycles. The van der Waals surface area contributed by atoms with E-state index in [-0.39, 0.29) is 24.4 Å². The fourth-order valence-corrected chi connectivity index (χ4v) is 1.68. The number of aromatic amines is 1. The van der Waals surface area contributed by atoms with Gasteiger partial charge in [0, 0.05) is 5.56 Å². The first-order valence-corrected chi connectivity index (χ1v) is 6.44. The number of aryl methyl sites for hydroxylation is 1. The summed E-state index contributed by atoms with van der Waals surface area (Å²) < 4.78 is 0. The first-order valence-electron chi connectivity index (χ1n) is 6.44. The van der Waals surface area contributed by atoms with Crippen LogP contribution < -0.4 is 10.6 Å². The second-order valence-corrected chi connectivity index (χ2v) is 4.61. The van der Waals surface area contributed by atoms with Gasteiger partial charge in [-0.3, -0.25) is 9.59 Å². The van der Waals surface area contributed by atoms with E-state index in [0.717, 1.165) is 5.56 Å². The number of H-pyrrole nitrogens is 1. The van der Waals surface area contributed by atoms with Crippen LogP contribution in [0, 0.1) is 6.92 Å². The van der Waals surface area contributed by atoms with Gasteiger partial charge in [-0.05, 0) is 26.0 Å². The highest BCUT2D eigenvalue weighted by molar-refractivity contribution is 5.96. The van der Waals surface area contributed by atoms with Gasteiger partial charge in [-0.25, -0.2) is 0 Å². The summed E-state index contributed by atoms with van der Waals surface area (Å²) >= 11 is 0. The molecule has 0 spiro atoms. The van der Waals surface area contributed by atoms with Crippen molar-refractivity contribution in [3.05, 3.63) is 41.2 Å². The standard InChI is InChI=1S/C13H16N6O2/c1-8-3-5-10(6-4-8)13(21)14-7-11(20)15-9(2)12-16-18-19-17-12/h3-6,9H,7H2,1-2H3,(H,14,21)(H,15,20)(H,16,17,18,19). The van der Waals surface area contributed by atoms with Gasteiger partial charge in [0.15, 0.2) is 5.82 Å². The van der Waals surface area contributed by atoms with Crippen molar-refractivity contribution in [1.29, 1.82) is 0 Å². The molecule has 1 heterocycles. The molecule has 110 valence electrons. The molecule has 0 saturated carbocycles. The van der Waals surface area contributed by atoms with Crippen LogP contribution in [0.3, 0.4) is 0 Å². The molecule has 0 aliphatic rings. The summed E-state index contributed by atoms with van der Waals surface area (Å²) in [6, 6.07) is 6.72. The minimum Gasteiger partial charge on any atom is -0.345 e. The van der Waals surface area contributed by atoms with Crippen LogP contribution in [-0.4, -0.2) is 39.0 Å². The highest BCUT2D eigenvalue weighted by Gasteiger charge is 2.14. The maximum absolute atomic E-state index is 11.8. The van der Waals surface area contributed by atoms with Gasteiger partial charge in [-0.1, -0.05) is 22.9 Å². The van der Waals surface area contributed by atoms with Crippen molar-refractivity contribution in [2.24, 2.45) is 0 Å². The van der Waals surface area contributed by atoms with Crippen molar-refractivity contribution in [3.63, 3.8) is 0 Å². The Kier molecular flexibility index (Phi) is 4.60. The van der Waals surface area contributed by atoms with Gasteiger partial charge in [0.05, 0.1) is 12.6 Å². The topological polar surface area (TPSA) is 113 Å². The average Bonchev–Trinajstić information content (AvgIpc) is 3.00. The van der Waals surface area contributed by atoms with Gasteiger partial charge < -0.3 is 10.6 Å². The highest BCUT2D eigenvalue weighted by Crippen LogP contribution is 2.03. The number of aromatic nitrogens is 4. The van der Waals surface area contributed by atoms with Crippen molar-refractivity contribution < 1.29 is 9.59 Å². The van der Waals surface area contributed by atoms with Crippen molar-refractivity contribution in [1.82, 2.24) is 31.3 Å². The van der Waals surface area contributed by atoms with Gasteiger partial charge in [-0.2, -0.15) is 5.21 Å². The van der Waals surface area contributed by atoms with Crippen molar-refractivity contribution in [2.45, 2.75) is 19.9 Å². The summed E-state index contributed by atoms with van der Waals surface area (Å²) in [5, 5.41) is 18.5. The van der Waals surface area contributed by atoms with Crippen molar-refractivity contribution in [2.75, 3.05) is 6.54 Å². The predicted octanol–water partition coefficient (Wildman–Crippen LogP) is 0.115. The molecule has 0 aliphatic heterocycles. The fraction of sp³-hybridized carbons (Fsp3) is 0.308. The van der Waals surface area contributed by atoms with Crippen LogP contribution in [0.15, 0.2) is 24.3 Å². The molecule has 0 bridgehead atoms. The average molecular weight is 288 g/mol. The lowest BCUT2D eigenvalue weighted by molar-refractivity contribution is -0.120. The molecule has 0 radical (unpaired) electrons. The lowest BCUT2D eigenvalue weighted by Gasteiger charge is -2.10. The normalized spacial score (nSPS) is 11.7. The molecular formula is C13H16N6O2. The zero-order chi connectivity index (χ0) is 15.2. The van der Waals surface area contributed by atoms with E-state index in [0.29, 0.717) is 11.4 Å². The molecule has 1 aromatic carbocycles. The monoisotopic (exact) mass is 288 g/mol. The van der Waals surface area contributed by atoms with E-state index in [9.17, 15) is 9.59 Å². The molecule has 0 aliphatic carbocycles. The van der Waals surface area contributed by atoms with Crippen LogP contribution in [0.5, 0.6) is 0 Å². The van der Waals surface area contributed by atoms with Crippen molar-refractivity contribution in [3.8, 4) is 0 Å². The number of benzene rings is 1. The molecule has 2 aromatic rings. The van der Waals surface area contributed by atoms with E-state index in [1.54, 1.807) is 19.1 Å².